The molecule has 31 heavy (non-hydrogen) atoms. The maximum atomic E-state index is 12.6. The average molecular weight is 410 g/mol. The molecule has 0 spiro atoms. The summed E-state index contributed by atoms with van der Waals surface area (Å²) in [7, 11) is 0. The monoisotopic (exact) mass is 410 g/mol. The molecule has 2 aromatic heterocycles. The molecule has 2 heterocycles. The largest absolute Gasteiger partial charge is 0.456 e. The van der Waals surface area contributed by atoms with E-state index in [1.807, 2.05) is 49.4 Å². The van der Waals surface area contributed by atoms with Crippen LogP contribution in [0.1, 0.15) is 21.5 Å². The van der Waals surface area contributed by atoms with Gasteiger partial charge in [0.15, 0.2) is 0 Å². The predicted octanol–water partition coefficient (Wildman–Crippen LogP) is 6.04. The maximum Gasteiger partial charge on any atom is 0.343 e. The van der Waals surface area contributed by atoms with Crippen LogP contribution in [0.15, 0.2) is 86.4 Å². The molecule has 5 heteroatoms. The predicted molar refractivity (Wildman–Crippen MR) is 119 cm³/mol. The van der Waals surface area contributed by atoms with E-state index in [1.165, 1.54) is 6.07 Å². The van der Waals surface area contributed by atoms with Gasteiger partial charge in [-0.05, 0) is 55.8 Å². The van der Waals surface area contributed by atoms with Crippen molar-refractivity contribution in [1.82, 2.24) is 0 Å². The van der Waals surface area contributed by atoms with Crippen molar-refractivity contribution < 1.29 is 18.4 Å². The first-order chi connectivity index (χ1) is 15.0. The van der Waals surface area contributed by atoms with Gasteiger partial charge in [0.05, 0.1) is 5.56 Å². The summed E-state index contributed by atoms with van der Waals surface area (Å²) in [6, 6.07) is 21.5. The molecular weight excluding hydrogens is 392 g/mol. The zero-order valence-corrected chi connectivity index (χ0v) is 17.0. The van der Waals surface area contributed by atoms with Crippen LogP contribution in [0.5, 0.6) is 5.75 Å². The van der Waals surface area contributed by atoms with Crippen LogP contribution in [0.4, 0.5) is 0 Å². The Kier molecular flexibility index (Phi) is 4.44. The highest BCUT2D eigenvalue weighted by molar-refractivity contribution is 5.97. The van der Waals surface area contributed by atoms with Gasteiger partial charge in [-0.2, -0.15) is 0 Å². The summed E-state index contributed by atoms with van der Waals surface area (Å²) in [5.41, 5.74) is 3.42. The number of carbonyl (C=O) groups is 1. The number of esters is 1. The summed E-state index contributed by atoms with van der Waals surface area (Å²) in [6.07, 6.45) is 0. The zero-order chi connectivity index (χ0) is 21.5. The summed E-state index contributed by atoms with van der Waals surface area (Å²) < 4.78 is 17.0. The minimum atomic E-state index is -0.480. The molecule has 0 saturated heterocycles. The van der Waals surface area contributed by atoms with Gasteiger partial charge in [0, 0.05) is 22.4 Å². The summed E-state index contributed by atoms with van der Waals surface area (Å²) in [5.74, 6) is 0.480. The van der Waals surface area contributed by atoms with Crippen molar-refractivity contribution in [3.63, 3.8) is 0 Å². The first-order valence-electron chi connectivity index (χ1n) is 9.84. The Morgan fingerprint density at radius 1 is 0.839 bits per heavy atom. The number of furan rings is 1. The highest BCUT2D eigenvalue weighted by atomic mass is 16.5. The molecule has 0 N–H and O–H groups in total. The van der Waals surface area contributed by atoms with E-state index in [2.05, 4.69) is 0 Å². The second-order valence-corrected chi connectivity index (χ2v) is 7.50. The van der Waals surface area contributed by atoms with Crippen LogP contribution in [0.25, 0.3) is 33.3 Å². The van der Waals surface area contributed by atoms with Gasteiger partial charge in [-0.3, -0.25) is 0 Å². The van der Waals surface area contributed by atoms with E-state index < -0.39 is 11.6 Å². The van der Waals surface area contributed by atoms with E-state index >= 15 is 0 Å². The van der Waals surface area contributed by atoms with Crippen molar-refractivity contribution in [3.8, 4) is 17.1 Å². The van der Waals surface area contributed by atoms with E-state index in [9.17, 15) is 9.59 Å². The number of para-hydroxylation sites is 1. The smallest absolute Gasteiger partial charge is 0.343 e. The molecule has 0 fully saturated rings. The van der Waals surface area contributed by atoms with Crippen molar-refractivity contribution in [3.05, 3.63) is 99.9 Å². The van der Waals surface area contributed by atoms with E-state index in [0.717, 1.165) is 16.5 Å². The maximum absolute atomic E-state index is 12.6. The van der Waals surface area contributed by atoms with Crippen LogP contribution in [0.3, 0.4) is 0 Å². The number of benzene rings is 3. The molecule has 0 unspecified atom stereocenters. The molecular formula is C26H18O5. The fraction of sp³-hybridized carbons (Fsp3) is 0.0769. The Labute approximate surface area is 177 Å². The molecule has 3 aromatic carbocycles. The molecule has 5 aromatic rings. The lowest BCUT2D eigenvalue weighted by Crippen LogP contribution is -2.09. The van der Waals surface area contributed by atoms with Crippen molar-refractivity contribution in [1.29, 1.82) is 0 Å². The van der Waals surface area contributed by atoms with E-state index in [0.29, 0.717) is 39.2 Å². The first kappa shape index (κ1) is 18.9. The van der Waals surface area contributed by atoms with Gasteiger partial charge >= 0.3 is 11.6 Å². The Hall–Kier alpha value is -4.12. The van der Waals surface area contributed by atoms with Crippen molar-refractivity contribution >= 4 is 27.9 Å². The third kappa shape index (κ3) is 3.51. The number of rotatable bonds is 3. The molecule has 5 rings (SSSR count). The minimum Gasteiger partial charge on any atom is -0.456 e. The third-order valence-corrected chi connectivity index (χ3v) is 5.22. The number of hydrogen-bond acceptors (Lipinski definition) is 5. The molecule has 0 aliphatic rings. The van der Waals surface area contributed by atoms with Crippen LogP contribution in [-0.4, -0.2) is 5.97 Å². The summed E-state index contributed by atoms with van der Waals surface area (Å²) in [6.45, 7) is 3.75. The van der Waals surface area contributed by atoms with Gasteiger partial charge in [-0.25, -0.2) is 9.59 Å². The van der Waals surface area contributed by atoms with E-state index in [1.54, 1.807) is 31.2 Å². The van der Waals surface area contributed by atoms with Gasteiger partial charge in [0.25, 0.3) is 0 Å². The Morgan fingerprint density at radius 2 is 1.61 bits per heavy atom. The summed E-state index contributed by atoms with van der Waals surface area (Å²) in [5, 5.41) is 1.55. The summed E-state index contributed by atoms with van der Waals surface area (Å²) in [4.78, 5) is 24.8. The standard InChI is InChI=1S/C26H18O5/c1-15-7-9-17(10-8-15)26(28)31-22-13-19-20(14-25(27)30-23(19)11-16(22)2)24-12-18-5-3-4-6-21(18)29-24/h3-14H,1-2H3. The van der Waals surface area contributed by atoms with Gasteiger partial charge in [-0.1, -0.05) is 35.9 Å². The fourth-order valence-corrected chi connectivity index (χ4v) is 3.57. The molecule has 0 amide bonds. The average Bonchev–Trinajstić information content (AvgIpc) is 3.18. The van der Waals surface area contributed by atoms with Crippen LogP contribution in [-0.2, 0) is 0 Å². The molecule has 0 saturated carbocycles. The SMILES string of the molecule is Cc1ccc(C(=O)Oc2cc3c(-c4cc5ccccc5o4)cc(=O)oc3cc2C)cc1. The van der Waals surface area contributed by atoms with Crippen LogP contribution in [0.2, 0.25) is 0 Å². The van der Waals surface area contributed by atoms with Crippen molar-refractivity contribution in [2.24, 2.45) is 0 Å². The van der Waals surface area contributed by atoms with Crippen LogP contribution in [0, 0.1) is 13.8 Å². The fourth-order valence-electron chi connectivity index (χ4n) is 3.57. The van der Waals surface area contributed by atoms with Gasteiger partial charge in [-0.15, -0.1) is 0 Å². The lowest BCUT2D eigenvalue weighted by atomic mass is 10.0. The highest BCUT2D eigenvalue weighted by Gasteiger charge is 2.17. The Balaban J connectivity index is 1.62. The second kappa shape index (κ2) is 7.29. The minimum absolute atomic E-state index is 0.393. The zero-order valence-electron chi connectivity index (χ0n) is 17.0. The number of aryl methyl sites for hydroxylation is 2. The van der Waals surface area contributed by atoms with Gasteiger partial charge in [0.2, 0.25) is 0 Å². The molecule has 0 bridgehead atoms. The normalized spacial score (nSPS) is 11.2. The lowest BCUT2D eigenvalue weighted by molar-refractivity contribution is 0.0733. The van der Waals surface area contributed by atoms with Crippen LogP contribution < -0.4 is 10.4 Å². The molecule has 5 nitrogen and oxygen atoms in total. The highest BCUT2D eigenvalue weighted by Crippen LogP contribution is 2.35. The molecule has 0 aliphatic heterocycles. The Morgan fingerprint density at radius 3 is 2.39 bits per heavy atom. The topological polar surface area (TPSA) is 69.7 Å². The van der Waals surface area contributed by atoms with Gasteiger partial charge < -0.3 is 13.6 Å². The lowest BCUT2D eigenvalue weighted by Gasteiger charge is -2.10. The van der Waals surface area contributed by atoms with Gasteiger partial charge in [0.1, 0.15) is 22.7 Å². The molecule has 0 atom stereocenters. The molecule has 0 aliphatic carbocycles. The first-order valence-corrected chi connectivity index (χ1v) is 9.84. The Bertz CT molecular complexity index is 1470. The number of ether oxygens (including phenoxy) is 1. The number of carbonyl (C=O) groups excluding carboxylic acids is 1. The van der Waals surface area contributed by atoms with E-state index in [-0.39, 0.29) is 0 Å². The van der Waals surface area contributed by atoms with Crippen molar-refractivity contribution in [2.45, 2.75) is 13.8 Å². The second-order valence-electron chi connectivity index (χ2n) is 7.50. The van der Waals surface area contributed by atoms with E-state index in [4.69, 9.17) is 13.6 Å². The molecule has 0 radical (unpaired) electrons. The quantitative estimate of drug-likeness (QED) is 0.206. The summed E-state index contributed by atoms with van der Waals surface area (Å²) >= 11 is 0. The number of hydrogen-bond donors (Lipinski definition) is 0. The van der Waals surface area contributed by atoms with Crippen molar-refractivity contribution in [2.75, 3.05) is 0 Å². The van der Waals surface area contributed by atoms with Crippen LogP contribution >= 0.6 is 0 Å². The molecule has 152 valence electrons. The third-order valence-electron chi connectivity index (χ3n) is 5.22. The number of fused-ring (bicyclic) bond motifs is 2.